The number of rotatable bonds is 2. The molecule has 74 valence electrons. The molecule has 0 atom stereocenters. The zero-order valence-electron chi connectivity index (χ0n) is 8.52. The number of hydrogen-bond acceptors (Lipinski definition) is 0. The second-order valence-corrected chi connectivity index (χ2v) is 5.19. The van der Waals surface area contributed by atoms with Gasteiger partial charge in [-0.3, -0.25) is 0 Å². The Balaban J connectivity index is 2.09. The monoisotopic (exact) mass is 206 g/mol. The number of halogens is 1. The van der Waals surface area contributed by atoms with Crippen LogP contribution in [0, 0.1) is 6.92 Å². The Hall–Kier alpha value is -0.490. The van der Waals surface area contributed by atoms with Crippen molar-refractivity contribution in [1.29, 1.82) is 0 Å². The van der Waals surface area contributed by atoms with Crippen LogP contribution in [0.1, 0.15) is 54.2 Å². The van der Waals surface area contributed by atoms with E-state index in [4.69, 9.17) is 11.6 Å². The van der Waals surface area contributed by atoms with Gasteiger partial charge in [-0.2, -0.15) is 0 Å². The van der Waals surface area contributed by atoms with E-state index in [0.717, 1.165) is 16.9 Å². The van der Waals surface area contributed by atoms with Crippen molar-refractivity contribution in [2.75, 3.05) is 0 Å². The topological polar surface area (TPSA) is 0 Å². The van der Waals surface area contributed by atoms with Gasteiger partial charge >= 0.3 is 0 Å². The predicted octanol–water partition coefficient (Wildman–Crippen LogP) is 4.40. The summed E-state index contributed by atoms with van der Waals surface area (Å²) in [5.41, 5.74) is 4.58. The van der Waals surface area contributed by atoms with Gasteiger partial charge in [0.1, 0.15) is 0 Å². The molecule has 14 heavy (non-hydrogen) atoms. The molecule has 0 bridgehead atoms. The molecule has 0 nitrogen and oxygen atoms in total. The van der Waals surface area contributed by atoms with E-state index in [1.807, 2.05) is 0 Å². The Morgan fingerprint density at radius 1 is 1.00 bits per heavy atom. The van der Waals surface area contributed by atoms with Crippen molar-refractivity contribution in [3.63, 3.8) is 0 Å². The maximum Gasteiger partial charge on any atom is 0.0411 e. The third-order valence-corrected chi connectivity index (χ3v) is 3.71. The highest BCUT2D eigenvalue weighted by molar-refractivity contribution is 6.30. The molecule has 0 spiro atoms. The highest BCUT2D eigenvalue weighted by atomic mass is 35.5. The highest BCUT2D eigenvalue weighted by Crippen LogP contribution is 2.48. The van der Waals surface area contributed by atoms with Gasteiger partial charge in [0, 0.05) is 5.02 Å². The molecule has 0 saturated heterocycles. The molecule has 3 rings (SSSR count). The molecule has 0 aromatic heterocycles. The molecule has 2 aliphatic rings. The van der Waals surface area contributed by atoms with Crippen LogP contribution in [0.25, 0.3) is 0 Å². The molecule has 1 aromatic carbocycles. The first-order valence-corrected chi connectivity index (χ1v) is 5.93. The summed E-state index contributed by atoms with van der Waals surface area (Å²) in [5, 5.41) is 0.944. The quantitative estimate of drug-likeness (QED) is 0.673. The van der Waals surface area contributed by atoms with Gasteiger partial charge in [0.25, 0.3) is 0 Å². The average Bonchev–Trinajstić information content (AvgIpc) is 3.03. The third kappa shape index (κ3) is 1.46. The van der Waals surface area contributed by atoms with E-state index in [9.17, 15) is 0 Å². The Morgan fingerprint density at radius 3 is 1.79 bits per heavy atom. The standard InChI is InChI=1S/C13H15Cl/c1-8-12(9-2-3-9)6-11(14)7-13(8)10-4-5-10/h6-7,9-10H,2-5H2,1H3. The number of hydrogen-bond donors (Lipinski definition) is 0. The minimum absolute atomic E-state index is 0.825. The summed E-state index contributed by atoms with van der Waals surface area (Å²) in [6.07, 6.45) is 5.47. The lowest BCUT2D eigenvalue weighted by Crippen LogP contribution is -1.93. The van der Waals surface area contributed by atoms with Crippen molar-refractivity contribution in [1.82, 2.24) is 0 Å². The lowest BCUT2D eigenvalue weighted by Gasteiger charge is -2.11. The summed E-state index contributed by atoms with van der Waals surface area (Å²) < 4.78 is 0. The Bertz CT molecular complexity index is 340. The summed E-state index contributed by atoms with van der Waals surface area (Å²) in [4.78, 5) is 0. The molecule has 0 N–H and O–H groups in total. The smallest absolute Gasteiger partial charge is 0.0411 e. The van der Waals surface area contributed by atoms with Crippen molar-refractivity contribution in [3.05, 3.63) is 33.8 Å². The molecular formula is C13H15Cl. The number of benzene rings is 1. The van der Waals surface area contributed by atoms with Gasteiger partial charge in [0.05, 0.1) is 0 Å². The molecule has 0 amide bonds. The second kappa shape index (κ2) is 3.00. The van der Waals surface area contributed by atoms with Crippen LogP contribution < -0.4 is 0 Å². The lowest BCUT2D eigenvalue weighted by atomic mass is 9.96. The van der Waals surface area contributed by atoms with Gasteiger partial charge < -0.3 is 0 Å². The van der Waals surface area contributed by atoms with Crippen LogP contribution >= 0.6 is 11.6 Å². The summed E-state index contributed by atoms with van der Waals surface area (Å²) in [7, 11) is 0. The van der Waals surface area contributed by atoms with E-state index in [2.05, 4.69) is 19.1 Å². The molecule has 2 aliphatic carbocycles. The lowest BCUT2D eigenvalue weighted by molar-refractivity contribution is 1.03. The van der Waals surface area contributed by atoms with Crippen molar-refractivity contribution >= 4 is 11.6 Å². The maximum atomic E-state index is 6.17. The Labute approximate surface area is 90.3 Å². The predicted molar refractivity (Wildman–Crippen MR) is 60.1 cm³/mol. The normalized spacial score (nSPS) is 21.3. The van der Waals surface area contributed by atoms with Crippen molar-refractivity contribution in [3.8, 4) is 0 Å². The van der Waals surface area contributed by atoms with Gasteiger partial charge in [-0.05, 0) is 73.3 Å². The maximum absolute atomic E-state index is 6.17. The van der Waals surface area contributed by atoms with Gasteiger partial charge in [0.2, 0.25) is 0 Å². The van der Waals surface area contributed by atoms with Crippen molar-refractivity contribution in [2.24, 2.45) is 0 Å². The first kappa shape index (κ1) is 8.79. The van der Waals surface area contributed by atoms with Gasteiger partial charge in [-0.25, -0.2) is 0 Å². The second-order valence-electron chi connectivity index (χ2n) is 4.76. The molecule has 0 unspecified atom stereocenters. The van der Waals surface area contributed by atoms with Crippen molar-refractivity contribution < 1.29 is 0 Å². The average molecular weight is 207 g/mol. The fraction of sp³-hybridized carbons (Fsp3) is 0.538. The van der Waals surface area contributed by atoms with Crippen LogP contribution in [-0.2, 0) is 0 Å². The fourth-order valence-corrected chi connectivity index (χ4v) is 2.59. The first-order valence-electron chi connectivity index (χ1n) is 5.55. The summed E-state index contributed by atoms with van der Waals surface area (Å²) >= 11 is 6.17. The molecule has 0 radical (unpaired) electrons. The summed E-state index contributed by atoms with van der Waals surface area (Å²) in [6.45, 7) is 2.28. The first-order chi connectivity index (χ1) is 6.75. The van der Waals surface area contributed by atoms with E-state index in [1.165, 1.54) is 42.4 Å². The summed E-state index contributed by atoms with van der Waals surface area (Å²) in [5.74, 6) is 1.65. The van der Waals surface area contributed by atoms with Gasteiger partial charge in [0.15, 0.2) is 0 Å². The molecule has 2 saturated carbocycles. The minimum Gasteiger partial charge on any atom is -0.0843 e. The highest BCUT2D eigenvalue weighted by Gasteiger charge is 2.30. The Kier molecular flexibility index (Phi) is 1.88. The molecule has 1 aromatic rings. The van der Waals surface area contributed by atoms with Gasteiger partial charge in [-0.15, -0.1) is 0 Å². The van der Waals surface area contributed by atoms with Crippen LogP contribution in [-0.4, -0.2) is 0 Å². The largest absolute Gasteiger partial charge is 0.0843 e. The van der Waals surface area contributed by atoms with Crippen LogP contribution in [0.15, 0.2) is 12.1 Å². The fourth-order valence-electron chi connectivity index (χ4n) is 2.36. The zero-order chi connectivity index (χ0) is 9.71. The van der Waals surface area contributed by atoms with E-state index in [0.29, 0.717) is 0 Å². The molecule has 1 heteroatoms. The SMILES string of the molecule is Cc1c(C2CC2)cc(Cl)cc1C1CC1. The molecule has 0 heterocycles. The zero-order valence-corrected chi connectivity index (χ0v) is 9.27. The van der Waals surface area contributed by atoms with E-state index < -0.39 is 0 Å². The molecule has 0 aliphatic heterocycles. The molecule has 2 fully saturated rings. The van der Waals surface area contributed by atoms with Crippen LogP contribution in [0.4, 0.5) is 0 Å². The minimum atomic E-state index is 0.825. The van der Waals surface area contributed by atoms with E-state index in [-0.39, 0.29) is 0 Å². The third-order valence-electron chi connectivity index (χ3n) is 3.49. The van der Waals surface area contributed by atoms with Gasteiger partial charge in [-0.1, -0.05) is 11.6 Å². The van der Waals surface area contributed by atoms with E-state index >= 15 is 0 Å². The van der Waals surface area contributed by atoms with Crippen LogP contribution in [0.3, 0.4) is 0 Å². The van der Waals surface area contributed by atoms with Crippen LogP contribution in [0.2, 0.25) is 5.02 Å². The summed E-state index contributed by atoms with van der Waals surface area (Å²) in [6, 6.07) is 4.36. The molecular weight excluding hydrogens is 192 g/mol. The van der Waals surface area contributed by atoms with Crippen molar-refractivity contribution in [2.45, 2.75) is 44.4 Å². The Morgan fingerprint density at radius 2 is 1.43 bits per heavy atom. The van der Waals surface area contributed by atoms with E-state index in [1.54, 1.807) is 0 Å². The van der Waals surface area contributed by atoms with Crippen LogP contribution in [0.5, 0.6) is 0 Å².